The molecule has 0 aromatic carbocycles. The van der Waals surface area contributed by atoms with E-state index in [1.807, 2.05) is 6.92 Å². The topological polar surface area (TPSA) is 46.4 Å². The average molecular weight is 388 g/mol. The summed E-state index contributed by atoms with van der Waals surface area (Å²) in [4.78, 5) is 26.6. The van der Waals surface area contributed by atoms with Gasteiger partial charge < -0.3 is 4.74 Å². The van der Waals surface area contributed by atoms with E-state index < -0.39 is 0 Å². The molecule has 4 nitrogen and oxygen atoms in total. The number of likely N-dealkylation sites (tertiary alicyclic amines) is 1. The smallest absolute Gasteiger partial charge is 0.302 e. The van der Waals surface area contributed by atoms with E-state index in [0.717, 1.165) is 31.1 Å². The van der Waals surface area contributed by atoms with Gasteiger partial charge in [-0.2, -0.15) is 0 Å². The van der Waals surface area contributed by atoms with Gasteiger partial charge in [-0.3, -0.25) is 14.5 Å². The Morgan fingerprint density at radius 2 is 1.79 bits per heavy atom. The van der Waals surface area contributed by atoms with Crippen LogP contribution < -0.4 is 0 Å². The Morgan fingerprint density at radius 3 is 2.46 bits per heavy atom. The van der Waals surface area contributed by atoms with Crippen molar-refractivity contribution in [2.75, 3.05) is 7.05 Å². The summed E-state index contributed by atoms with van der Waals surface area (Å²) < 4.78 is 5.62. The molecule has 4 aliphatic carbocycles. The van der Waals surface area contributed by atoms with E-state index in [1.165, 1.54) is 25.7 Å². The van der Waals surface area contributed by atoms with Crippen LogP contribution in [0.3, 0.4) is 0 Å². The third-order valence-corrected chi connectivity index (χ3v) is 10.4. The molecule has 5 aliphatic rings. The first-order valence-corrected chi connectivity index (χ1v) is 11.6. The average Bonchev–Trinajstić information content (AvgIpc) is 3.14. The minimum Gasteiger partial charge on any atom is -0.463 e. The number of ketones is 1. The highest BCUT2D eigenvalue weighted by atomic mass is 16.5. The van der Waals surface area contributed by atoms with Crippen LogP contribution in [0, 0.1) is 40.4 Å². The third-order valence-electron chi connectivity index (χ3n) is 10.4. The van der Waals surface area contributed by atoms with Gasteiger partial charge in [-0.1, -0.05) is 13.8 Å². The molecular formula is C24H37NO3. The molecule has 28 heavy (non-hydrogen) atoms. The summed E-state index contributed by atoms with van der Waals surface area (Å²) in [6, 6.07) is 1.25. The number of esters is 1. The maximum atomic E-state index is 12.5. The molecular weight excluding hydrogens is 350 g/mol. The maximum Gasteiger partial charge on any atom is 0.302 e. The fourth-order valence-electron chi connectivity index (χ4n) is 9.35. The van der Waals surface area contributed by atoms with Gasteiger partial charge in [0.05, 0.1) is 0 Å². The van der Waals surface area contributed by atoms with Gasteiger partial charge in [-0.15, -0.1) is 0 Å². The lowest BCUT2D eigenvalue weighted by molar-refractivity contribution is -0.158. The van der Waals surface area contributed by atoms with Gasteiger partial charge in [-0.25, -0.2) is 0 Å². The van der Waals surface area contributed by atoms with Crippen LogP contribution in [0.25, 0.3) is 0 Å². The third kappa shape index (κ3) is 2.33. The van der Waals surface area contributed by atoms with Crippen LogP contribution in [0.2, 0.25) is 0 Å². The fraction of sp³-hybridized carbons (Fsp3) is 0.917. The molecule has 0 radical (unpaired) electrons. The zero-order valence-corrected chi connectivity index (χ0v) is 18.2. The number of likely N-dealkylation sites (N-methyl/N-ethyl adjacent to an activating group) is 1. The molecule has 1 aliphatic heterocycles. The van der Waals surface area contributed by atoms with Crippen molar-refractivity contribution in [2.45, 2.75) is 90.8 Å². The van der Waals surface area contributed by atoms with Crippen molar-refractivity contribution in [3.8, 4) is 0 Å². The van der Waals surface area contributed by atoms with Crippen LogP contribution in [-0.4, -0.2) is 41.9 Å². The zero-order valence-electron chi connectivity index (χ0n) is 18.2. The second kappa shape index (κ2) is 6.06. The quantitative estimate of drug-likeness (QED) is 0.529. The Labute approximate surface area is 169 Å². The van der Waals surface area contributed by atoms with Crippen molar-refractivity contribution >= 4 is 11.8 Å². The first-order valence-electron chi connectivity index (χ1n) is 11.6. The first-order chi connectivity index (χ1) is 13.2. The highest BCUT2D eigenvalue weighted by Crippen LogP contribution is 2.72. The molecule has 0 bridgehead atoms. The summed E-state index contributed by atoms with van der Waals surface area (Å²) in [5.74, 6) is 3.47. The lowest BCUT2D eigenvalue weighted by Crippen LogP contribution is -2.57. The molecule has 4 heteroatoms. The van der Waals surface area contributed by atoms with Crippen LogP contribution in [-0.2, 0) is 14.3 Å². The second-order valence-electron chi connectivity index (χ2n) is 11.3. The Morgan fingerprint density at radius 1 is 1.04 bits per heavy atom. The van der Waals surface area contributed by atoms with E-state index >= 15 is 0 Å². The molecule has 5 rings (SSSR count). The minimum absolute atomic E-state index is 0.126. The van der Waals surface area contributed by atoms with Crippen molar-refractivity contribution < 1.29 is 14.3 Å². The molecule has 11 atom stereocenters. The van der Waals surface area contributed by atoms with Crippen molar-refractivity contribution in [3.63, 3.8) is 0 Å². The van der Waals surface area contributed by atoms with Gasteiger partial charge in [0.2, 0.25) is 0 Å². The predicted octanol–water partition coefficient (Wildman–Crippen LogP) is 4.07. The molecule has 0 aromatic heterocycles. The molecule has 1 unspecified atom stereocenters. The van der Waals surface area contributed by atoms with Gasteiger partial charge in [-0.05, 0) is 93.4 Å². The van der Waals surface area contributed by atoms with E-state index in [-0.39, 0.29) is 23.4 Å². The lowest BCUT2D eigenvalue weighted by Gasteiger charge is -2.60. The van der Waals surface area contributed by atoms with Crippen molar-refractivity contribution in [3.05, 3.63) is 0 Å². The van der Waals surface area contributed by atoms with E-state index in [4.69, 9.17) is 4.74 Å². The SMILES string of the molecule is CC(=O)O[C@@H]1CC[C@@]2(C)[C@H](CC[C@@H]3[C@@H]2[C@H]2[C@H](N2C)[C@]2(C)[C@@H](C(C)=O)CC[C@@H]32)C1. The zero-order chi connectivity index (χ0) is 20.0. The number of Topliss-reactive ketones (excluding diaryl/α,β-unsaturated/α-hetero) is 1. The summed E-state index contributed by atoms with van der Waals surface area (Å²) >= 11 is 0. The molecule has 0 aromatic rings. The van der Waals surface area contributed by atoms with Gasteiger partial charge in [0.15, 0.2) is 0 Å². The highest BCUT2D eigenvalue weighted by Gasteiger charge is 2.74. The molecule has 0 spiro atoms. The number of fused-ring (bicyclic) bond motifs is 8. The largest absolute Gasteiger partial charge is 0.463 e. The van der Waals surface area contributed by atoms with E-state index in [9.17, 15) is 9.59 Å². The van der Waals surface area contributed by atoms with Crippen LogP contribution in [0.5, 0.6) is 0 Å². The molecule has 5 fully saturated rings. The Kier molecular flexibility index (Phi) is 4.13. The molecule has 1 heterocycles. The molecule has 0 amide bonds. The molecule has 1 saturated heterocycles. The Hall–Kier alpha value is -0.900. The summed E-state index contributed by atoms with van der Waals surface area (Å²) in [7, 11) is 2.31. The van der Waals surface area contributed by atoms with Crippen molar-refractivity contribution in [1.82, 2.24) is 4.90 Å². The van der Waals surface area contributed by atoms with E-state index in [0.29, 0.717) is 35.1 Å². The highest BCUT2D eigenvalue weighted by molar-refractivity contribution is 5.80. The van der Waals surface area contributed by atoms with Crippen molar-refractivity contribution in [2.24, 2.45) is 40.4 Å². The standard InChI is InChI=1S/C24H37NO3/c1-13(26)18-8-9-19-17-7-6-15-12-16(28-14(2)27)10-11-23(15,3)20(17)21-22(25(21)5)24(18,19)4/h15-22H,6-12H2,1-5H3/t15-,16-,17+,18-,19+,20-,21+,22+,23+,24-,25?/m1/s1. The number of rotatable bonds is 2. The van der Waals surface area contributed by atoms with Crippen LogP contribution in [0.4, 0.5) is 0 Å². The van der Waals surface area contributed by atoms with E-state index in [2.05, 4.69) is 25.8 Å². The lowest BCUT2D eigenvalue weighted by atomic mass is 9.44. The van der Waals surface area contributed by atoms with Gasteiger partial charge in [0.1, 0.15) is 11.9 Å². The summed E-state index contributed by atoms with van der Waals surface area (Å²) in [5, 5.41) is 0. The molecule has 156 valence electrons. The fourth-order valence-corrected chi connectivity index (χ4v) is 9.35. The molecule has 4 saturated carbocycles. The van der Waals surface area contributed by atoms with E-state index in [1.54, 1.807) is 6.92 Å². The van der Waals surface area contributed by atoms with Crippen LogP contribution in [0.1, 0.15) is 72.6 Å². The Balaban J connectivity index is 1.45. The van der Waals surface area contributed by atoms with Gasteiger partial charge in [0.25, 0.3) is 0 Å². The maximum absolute atomic E-state index is 12.5. The predicted molar refractivity (Wildman–Crippen MR) is 108 cm³/mol. The minimum atomic E-state index is -0.126. The number of hydrogen-bond acceptors (Lipinski definition) is 4. The second-order valence-corrected chi connectivity index (χ2v) is 11.3. The normalized spacial score (nSPS) is 56.7. The van der Waals surface area contributed by atoms with Crippen LogP contribution >= 0.6 is 0 Å². The van der Waals surface area contributed by atoms with Gasteiger partial charge >= 0.3 is 5.97 Å². The number of carbonyl (C=O) groups excluding carboxylic acids is 2. The summed E-state index contributed by atoms with van der Waals surface area (Å²) in [6.45, 7) is 8.39. The number of nitrogens with zero attached hydrogens (tertiary/aromatic N) is 1. The summed E-state index contributed by atoms with van der Waals surface area (Å²) in [5.41, 5.74) is 0.549. The summed E-state index contributed by atoms with van der Waals surface area (Å²) in [6.07, 6.45) is 8.32. The van der Waals surface area contributed by atoms with Crippen LogP contribution in [0.15, 0.2) is 0 Å². The Bertz CT molecular complexity index is 706. The van der Waals surface area contributed by atoms with Gasteiger partial charge in [0, 0.05) is 24.9 Å². The first kappa shape index (κ1) is 19.1. The van der Waals surface area contributed by atoms with Crippen molar-refractivity contribution in [1.29, 1.82) is 0 Å². The number of hydrogen-bond donors (Lipinski definition) is 0. The molecule has 0 N–H and O–H groups in total. The number of carbonyl (C=O) groups is 2. The number of ether oxygens (including phenoxy) is 1. The monoisotopic (exact) mass is 387 g/mol.